The van der Waals surface area contributed by atoms with Crippen LogP contribution in [0.3, 0.4) is 0 Å². The zero-order valence-electron chi connectivity index (χ0n) is 14.3. The van der Waals surface area contributed by atoms with Crippen molar-refractivity contribution in [2.24, 2.45) is 0 Å². The summed E-state index contributed by atoms with van der Waals surface area (Å²) >= 11 is 0. The maximum absolute atomic E-state index is 11.1. The van der Waals surface area contributed by atoms with Gasteiger partial charge in [0.2, 0.25) is 0 Å². The van der Waals surface area contributed by atoms with Crippen LogP contribution in [0.2, 0.25) is 0 Å². The van der Waals surface area contributed by atoms with E-state index in [9.17, 15) is 10.1 Å². The lowest BCUT2D eigenvalue weighted by atomic mass is 9.83. The van der Waals surface area contributed by atoms with Gasteiger partial charge < -0.3 is 4.90 Å². The van der Waals surface area contributed by atoms with Crippen LogP contribution in [-0.2, 0) is 5.41 Å². The van der Waals surface area contributed by atoms with E-state index < -0.39 is 0 Å². The topological polar surface area (TPSA) is 75.1 Å². The van der Waals surface area contributed by atoms with Gasteiger partial charge in [-0.1, -0.05) is 32.0 Å². The number of benzene rings is 2. The number of fused-ring (bicyclic) bond motifs is 2. The highest BCUT2D eigenvalue weighted by molar-refractivity contribution is 5.90. The highest BCUT2D eigenvalue weighted by Crippen LogP contribution is 2.47. The molecule has 126 valence electrons. The van der Waals surface area contributed by atoms with E-state index in [1.807, 2.05) is 25.3 Å². The average Bonchev–Trinajstić information content (AvgIpc) is 3.08. The minimum absolute atomic E-state index is 0.0656. The molecule has 0 aliphatic carbocycles. The van der Waals surface area contributed by atoms with Crippen LogP contribution in [0.1, 0.15) is 25.1 Å². The molecule has 6 heteroatoms. The van der Waals surface area contributed by atoms with Gasteiger partial charge in [0.25, 0.3) is 5.69 Å². The highest BCUT2D eigenvalue weighted by atomic mass is 16.6. The molecule has 1 aliphatic rings. The predicted octanol–water partition coefficient (Wildman–Crippen LogP) is 4.24. The number of nitrogens with one attached hydrogen (secondary N) is 1. The number of hydrogen-bond donors (Lipinski definition) is 1. The molecule has 6 nitrogen and oxygen atoms in total. The summed E-state index contributed by atoms with van der Waals surface area (Å²) in [7, 11) is 2.04. The largest absolute Gasteiger partial charge is 0.347 e. The van der Waals surface area contributed by atoms with E-state index in [0.29, 0.717) is 5.52 Å². The summed E-state index contributed by atoms with van der Waals surface area (Å²) in [6.45, 7) is 4.37. The van der Waals surface area contributed by atoms with Crippen molar-refractivity contribution < 1.29 is 4.92 Å². The summed E-state index contributed by atoms with van der Waals surface area (Å²) in [5.74, 6) is 0. The molecule has 25 heavy (non-hydrogen) atoms. The third kappa shape index (κ3) is 2.21. The molecule has 2 aromatic carbocycles. The molecule has 0 atom stereocenters. The number of likely N-dealkylation sites (N-methyl/N-ethyl adjacent to an activating group) is 1. The van der Waals surface area contributed by atoms with E-state index in [1.165, 1.54) is 17.3 Å². The van der Waals surface area contributed by atoms with Crippen molar-refractivity contribution in [3.8, 4) is 0 Å². The van der Waals surface area contributed by atoms with Crippen LogP contribution < -0.4 is 4.90 Å². The van der Waals surface area contributed by atoms with Gasteiger partial charge in [0, 0.05) is 41.4 Å². The highest BCUT2D eigenvalue weighted by Gasteiger charge is 2.38. The van der Waals surface area contributed by atoms with Crippen molar-refractivity contribution in [1.29, 1.82) is 0 Å². The number of nitro benzene ring substituents is 1. The Morgan fingerprint density at radius 2 is 2.00 bits per heavy atom. The second-order valence-electron chi connectivity index (χ2n) is 6.83. The Kier molecular flexibility index (Phi) is 3.18. The van der Waals surface area contributed by atoms with Crippen LogP contribution >= 0.6 is 0 Å². The zero-order chi connectivity index (χ0) is 17.8. The minimum atomic E-state index is -0.384. The monoisotopic (exact) mass is 334 g/mol. The number of nitro groups is 1. The minimum Gasteiger partial charge on any atom is -0.347 e. The molecule has 1 aliphatic heterocycles. The van der Waals surface area contributed by atoms with Gasteiger partial charge >= 0.3 is 0 Å². The number of non-ortho nitro benzene ring substituents is 1. The van der Waals surface area contributed by atoms with Crippen molar-refractivity contribution >= 4 is 28.4 Å². The first kappa shape index (κ1) is 15.4. The van der Waals surface area contributed by atoms with Crippen LogP contribution in [0.15, 0.2) is 48.2 Å². The maximum atomic E-state index is 11.1. The molecular weight excluding hydrogens is 316 g/mol. The fraction of sp³-hybridized carbons (Fsp3) is 0.211. The van der Waals surface area contributed by atoms with Crippen LogP contribution in [-0.4, -0.2) is 22.2 Å². The molecule has 0 radical (unpaired) electrons. The summed E-state index contributed by atoms with van der Waals surface area (Å²) in [6, 6.07) is 13.0. The molecule has 1 N–H and O–H groups in total. The van der Waals surface area contributed by atoms with E-state index >= 15 is 0 Å². The van der Waals surface area contributed by atoms with E-state index in [0.717, 1.165) is 16.8 Å². The fourth-order valence-corrected chi connectivity index (χ4v) is 3.64. The third-order valence-corrected chi connectivity index (χ3v) is 5.00. The standard InChI is InChI=1S/C19H18N4O2/c1-19(2)14-6-4-5-7-17(14)22(3)18(19)11-16-13-10-12(23(24)25)8-9-15(13)20-21-16/h4-11H,1-3H3,(H,20,21)/b18-11-. The maximum Gasteiger partial charge on any atom is 0.270 e. The number of hydrogen-bond acceptors (Lipinski definition) is 4. The van der Waals surface area contributed by atoms with E-state index in [2.05, 4.69) is 41.1 Å². The van der Waals surface area contributed by atoms with Crippen LogP contribution in [0.5, 0.6) is 0 Å². The lowest BCUT2D eigenvalue weighted by molar-refractivity contribution is -0.384. The molecule has 2 heterocycles. The summed E-state index contributed by atoms with van der Waals surface area (Å²) in [5.41, 5.74) is 4.95. The third-order valence-electron chi connectivity index (χ3n) is 5.00. The summed E-state index contributed by atoms with van der Waals surface area (Å²) in [6.07, 6.45) is 2.04. The molecule has 0 spiro atoms. The quantitative estimate of drug-likeness (QED) is 0.562. The van der Waals surface area contributed by atoms with Crippen molar-refractivity contribution in [2.45, 2.75) is 19.3 Å². The Bertz CT molecular complexity index is 1030. The number of H-pyrrole nitrogens is 1. The van der Waals surface area contributed by atoms with Gasteiger partial charge in [-0.3, -0.25) is 15.2 Å². The number of rotatable bonds is 2. The van der Waals surface area contributed by atoms with Crippen LogP contribution in [0.25, 0.3) is 17.0 Å². The number of para-hydroxylation sites is 1. The first-order valence-electron chi connectivity index (χ1n) is 8.07. The summed E-state index contributed by atoms with van der Waals surface area (Å²) in [5, 5.41) is 19.1. The fourth-order valence-electron chi connectivity index (χ4n) is 3.64. The average molecular weight is 334 g/mol. The molecule has 1 aromatic heterocycles. The SMILES string of the molecule is CN1/C(=C\c2[nH]nc3ccc([N+](=O)[O-])cc23)C(C)(C)c2ccccc21. The van der Waals surface area contributed by atoms with Gasteiger partial charge in [0.15, 0.2) is 0 Å². The lowest BCUT2D eigenvalue weighted by Crippen LogP contribution is -2.22. The zero-order valence-corrected chi connectivity index (χ0v) is 14.3. The van der Waals surface area contributed by atoms with E-state index in [1.54, 1.807) is 12.1 Å². The molecular formula is C19H18N4O2. The molecule has 0 saturated heterocycles. The van der Waals surface area contributed by atoms with Crippen molar-refractivity contribution in [3.63, 3.8) is 0 Å². The lowest BCUT2D eigenvalue weighted by Gasteiger charge is -2.24. The van der Waals surface area contributed by atoms with Gasteiger partial charge in [-0.25, -0.2) is 0 Å². The molecule has 0 saturated carbocycles. The summed E-state index contributed by atoms with van der Waals surface area (Å²) in [4.78, 5) is 12.9. The van der Waals surface area contributed by atoms with Crippen molar-refractivity contribution in [1.82, 2.24) is 10.2 Å². The Morgan fingerprint density at radius 3 is 2.72 bits per heavy atom. The van der Waals surface area contributed by atoms with Gasteiger partial charge in [0.1, 0.15) is 0 Å². The smallest absolute Gasteiger partial charge is 0.270 e. The second-order valence-corrected chi connectivity index (χ2v) is 6.83. The molecule has 4 rings (SSSR count). The second kappa shape index (κ2) is 5.17. The summed E-state index contributed by atoms with van der Waals surface area (Å²) < 4.78 is 0. The number of aromatic nitrogens is 2. The van der Waals surface area contributed by atoms with Gasteiger partial charge in [-0.15, -0.1) is 0 Å². The molecule has 0 amide bonds. The first-order valence-corrected chi connectivity index (χ1v) is 8.07. The Hall–Kier alpha value is -3.15. The Morgan fingerprint density at radius 1 is 1.24 bits per heavy atom. The van der Waals surface area contributed by atoms with Crippen LogP contribution in [0, 0.1) is 10.1 Å². The van der Waals surface area contributed by atoms with E-state index in [4.69, 9.17) is 0 Å². The molecule has 0 bridgehead atoms. The molecule has 3 aromatic rings. The van der Waals surface area contributed by atoms with Gasteiger partial charge in [-0.05, 0) is 23.8 Å². The Balaban J connectivity index is 1.88. The number of aromatic amines is 1. The van der Waals surface area contributed by atoms with Crippen LogP contribution in [0.4, 0.5) is 11.4 Å². The molecule has 0 fully saturated rings. The molecule has 0 unspecified atom stereocenters. The number of nitrogens with zero attached hydrogens (tertiary/aromatic N) is 3. The Labute approximate surface area is 144 Å². The number of allylic oxidation sites excluding steroid dienone is 1. The van der Waals surface area contributed by atoms with Crippen molar-refractivity contribution in [3.05, 3.63) is 69.5 Å². The normalized spacial score (nSPS) is 17.2. The predicted molar refractivity (Wildman–Crippen MR) is 98.6 cm³/mol. The van der Waals surface area contributed by atoms with Gasteiger partial charge in [-0.2, -0.15) is 5.10 Å². The van der Waals surface area contributed by atoms with E-state index in [-0.39, 0.29) is 16.0 Å². The number of anilines is 1. The van der Waals surface area contributed by atoms with Crippen molar-refractivity contribution in [2.75, 3.05) is 11.9 Å². The van der Waals surface area contributed by atoms with Gasteiger partial charge in [0.05, 0.1) is 16.1 Å². The first-order chi connectivity index (χ1) is 11.9.